The Bertz CT molecular complexity index is 1060. The van der Waals surface area contributed by atoms with Crippen LogP contribution in [0.15, 0.2) is 53.8 Å². The highest BCUT2D eigenvalue weighted by molar-refractivity contribution is 7.98. The molecular weight excluding hydrogens is 344 g/mol. The van der Waals surface area contributed by atoms with E-state index in [0.29, 0.717) is 0 Å². The van der Waals surface area contributed by atoms with Crippen molar-refractivity contribution in [3.8, 4) is 0 Å². The zero-order valence-electron chi connectivity index (χ0n) is 13.9. The standard InChI is InChI=1S/C21H18N2S2/c1-2-9-16-14(6-1)7-5-8-15(16)12-24-20-19-17-10-3-4-11-18(17)25-21(19)23-13-22-20/h1-2,5-9,13H,3-4,10-12H2. The number of nitrogens with zero attached hydrogens (tertiary/aromatic N) is 2. The van der Waals surface area contributed by atoms with Crippen LogP contribution in [0.5, 0.6) is 0 Å². The second kappa shape index (κ2) is 6.43. The molecule has 2 aromatic heterocycles. The van der Waals surface area contributed by atoms with Crippen LogP contribution < -0.4 is 0 Å². The second-order valence-corrected chi connectivity index (χ2v) is 8.54. The number of thioether (sulfide) groups is 1. The van der Waals surface area contributed by atoms with E-state index < -0.39 is 0 Å². The maximum atomic E-state index is 4.64. The highest BCUT2D eigenvalue weighted by Gasteiger charge is 2.20. The van der Waals surface area contributed by atoms with Crippen molar-refractivity contribution in [1.29, 1.82) is 0 Å². The second-order valence-electron chi connectivity index (χ2n) is 6.50. The highest BCUT2D eigenvalue weighted by Crippen LogP contribution is 2.40. The zero-order valence-corrected chi connectivity index (χ0v) is 15.5. The average molecular weight is 363 g/mol. The van der Waals surface area contributed by atoms with Gasteiger partial charge in [-0.25, -0.2) is 9.97 Å². The fourth-order valence-electron chi connectivity index (χ4n) is 3.74. The van der Waals surface area contributed by atoms with E-state index in [-0.39, 0.29) is 0 Å². The van der Waals surface area contributed by atoms with Gasteiger partial charge in [-0.2, -0.15) is 0 Å². The molecule has 2 aromatic carbocycles. The predicted molar refractivity (Wildman–Crippen MR) is 108 cm³/mol. The Morgan fingerprint density at radius 1 is 0.960 bits per heavy atom. The summed E-state index contributed by atoms with van der Waals surface area (Å²) in [5, 5.41) is 5.13. The van der Waals surface area contributed by atoms with Gasteiger partial charge in [-0.05, 0) is 47.6 Å². The lowest BCUT2D eigenvalue weighted by molar-refractivity contribution is 0.699. The third-order valence-corrected chi connectivity index (χ3v) is 7.20. The predicted octanol–water partition coefficient (Wildman–Crippen LogP) is 6.02. The summed E-state index contributed by atoms with van der Waals surface area (Å²) in [5.41, 5.74) is 2.89. The lowest BCUT2D eigenvalue weighted by atomic mass is 9.97. The molecule has 25 heavy (non-hydrogen) atoms. The molecule has 4 heteroatoms. The molecule has 0 amide bonds. The Labute approximate surface area is 155 Å². The van der Waals surface area contributed by atoms with Crippen LogP contribution in [0.1, 0.15) is 28.8 Å². The molecule has 5 rings (SSSR count). The van der Waals surface area contributed by atoms with Gasteiger partial charge < -0.3 is 0 Å². The molecular formula is C21H18N2S2. The summed E-state index contributed by atoms with van der Waals surface area (Å²) in [6.45, 7) is 0. The van der Waals surface area contributed by atoms with E-state index >= 15 is 0 Å². The van der Waals surface area contributed by atoms with Crippen molar-refractivity contribution in [3.05, 3.63) is 64.8 Å². The van der Waals surface area contributed by atoms with E-state index in [1.54, 1.807) is 6.33 Å². The van der Waals surface area contributed by atoms with Gasteiger partial charge in [0.25, 0.3) is 0 Å². The number of thiophene rings is 1. The van der Waals surface area contributed by atoms with Gasteiger partial charge in [0.1, 0.15) is 16.2 Å². The Kier molecular flexibility index (Phi) is 3.95. The van der Waals surface area contributed by atoms with Gasteiger partial charge in [0, 0.05) is 16.0 Å². The SMILES string of the molecule is c1ccc2c(CSc3ncnc4sc5c(c34)CCCC5)cccc2c1. The third-order valence-electron chi connectivity index (χ3n) is 4.96. The summed E-state index contributed by atoms with van der Waals surface area (Å²) in [4.78, 5) is 11.9. The summed E-state index contributed by atoms with van der Waals surface area (Å²) < 4.78 is 0. The number of benzene rings is 2. The van der Waals surface area contributed by atoms with Crippen LogP contribution in [0, 0.1) is 0 Å². The minimum atomic E-state index is 0.943. The fraction of sp³-hybridized carbons (Fsp3) is 0.238. The fourth-order valence-corrected chi connectivity index (χ4v) is 6.06. The van der Waals surface area contributed by atoms with Gasteiger partial charge in [0.15, 0.2) is 0 Å². The average Bonchev–Trinajstić information content (AvgIpc) is 3.05. The molecule has 1 aliphatic carbocycles. The summed E-state index contributed by atoms with van der Waals surface area (Å²) in [7, 11) is 0. The van der Waals surface area contributed by atoms with Gasteiger partial charge in [-0.15, -0.1) is 23.1 Å². The van der Waals surface area contributed by atoms with Crippen LogP contribution >= 0.6 is 23.1 Å². The van der Waals surface area contributed by atoms with E-state index in [4.69, 9.17) is 0 Å². The Morgan fingerprint density at radius 3 is 2.84 bits per heavy atom. The monoisotopic (exact) mass is 362 g/mol. The first kappa shape index (κ1) is 15.4. The van der Waals surface area contributed by atoms with E-state index in [1.807, 2.05) is 23.1 Å². The molecule has 0 unspecified atom stereocenters. The molecule has 0 saturated heterocycles. The van der Waals surface area contributed by atoms with Crippen molar-refractivity contribution in [2.45, 2.75) is 36.5 Å². The maximum absolute atomic E-state index is 4.64. The molecule has 0 saturated carbocycles. The summed E-state index contributed by atoms with van der Waals surface area (Å²) in [6, 6.07) is 15.2. The number of aryl methyl sites for hydroxylation is 2. The first-order chi connectivity index (χ1) is 12.4. The smallest absolute Gasteiger partial charge is 0.128 e. The van der Waals surface area contributed by atoms with E-state index in [0.717, 1.165) is 10.8 Å². The van der Waals surface area contributed by atoms with Gasteiger partial charge in [-0.3, -0.25) is 0 Å². The Morgan fingerprint density at radius 2 is 1.84 bits per heavy atom. The number of fused-ring (bicyclic) bond motifs is 4. The quantitative estimate of drug-likeness (QED) is 0.329. The van der Waals surface area contributed by atoms with E-state index in [2.05, 4.69) is 52.4 Å². The van der Waals surface area contributed by atoms with Crippen molar-refractivity contribution in [1.82, 2.24) is 9.97 Å². The molecule has 0 radical (unpaired) electrons. The first-order valence-corrected chi connectivity index (χ1v) is 10.5. The van der Waals surface area contributed by atoms with Crippen LogP contribution in [-0.2, 0) is 18.6 Å². The maximum Gasteiger partial charge on any atom is 0.128 e. The lowest BCUT2D eigenvalue weighted by Crippen LogP contribution is -1.99. The molecule has 2 heterocycles. The zero-order chi connectivity index (χ0) is 16.6. The Hall–Kier alpha value is -1.91. The number of hydrogen-bond acceptors (Lipinski definition) is 4. The summed E-state index contributed by atoms with van der Waals surface area (Å²) >= 11 is 3.72. The van der Waals surface area contributed by atoms with Gasteiger partial charge >= 0.3 is 0 Å². The van der Waals surface area contributed by atoms with Crippen LogP contribution in [0.3, 0.4) is 0 Å². The molecule has 1 aliphatic rings. The topological polar surface area (TPSA) is 25.8 Å². The molecule has 0 aliphatic heterocycles. The molecule has 124 valence electrons. The largest absolute Gasteiger partial charge is 0.229 e. The third kappa shape index (κ3) is 2.74. The summed E-state index contributed by atoms with van der Waals surface area (Å²) in [5.74, 6) is 0.943. The van der Waals surface area contributed by atoms with E-state index in [9.17, 15) is 0 Å². The van der Waals surface area contributed by atoms with Gasteiger partial charge in [0.2, 0.25) is 0 Å². The van der Waals surface area contributed by atoms with Crippen LogP contribution in [-0.4, -0.2) is 9.97 Å². The van der Waals surface area contributed by atoms with Crippen molar-refractivity contribution < 1.29 is 0 Å². The first-order valence-electron chi connectivity index (χ1n) is 8.75. The van der Waals surface area contributed by atoms with Crippen molar-refractivity contribution in [2.24, 2.45) is 0 Å². The minimum Gasteiger partial charge on any atom is -0.229 e. The van der Waals surface area contributed by atoms with Crippen LogP contribution in [0.4, 0.5) is 0 Å². The van der Waals surface area contributed by atoms with Crippen LogP contribution in [0.25, 0.3) is 21.0 Å². The van der Waals surface area contributed by atoms with Gasteiger partial charge in [0.05, 0.1) is 0 Å². The number of aromatic nitrogens is 2. The molecule has 4 aromatic rings. The van der Waals surface area contributed by atoms with Crippen molar-refractivity contribution in [3.63, 3.8) is 0 Å². The molecule has 0 N–H and O–H groups in total. The molecule has 0 fully saturated rings. The minimum absolute atomic E-state index is 0.943. The van der Waals surface area contributed by atoms with E-state index in [1.165, 1.54) is 62.7 Å². The number of hydrogen-bond donors (Lipinski definition) is 0. The highest BCUT2D eigenvalue weighted by atomic mass is 32.2. The molecule has 0 bridgehead atoms. The van der Waals surface area contributed by atoms with Crippen LogP contribution in [0.2, 0.25) is 0 Å². The molecule has 0 atom stereocenters. The van der Waals surface area contributed by atoms with Gasteiger partial charge in [-0.1, -0.05) is 42.5 Å². The lowest BCUT2D eigenvalue weighted by Gasteiger charge is -2.11. The van der Waals surface area contributed by atoms with Crippen molar-refractivity contribution >= 4 is 44.1 Å². The summed E-state index contributed by atoms with van der Waals surface area (Å²) in [6.07, 6.45) is 6.73. The molecule has 2 nitrogen and oxygen atoms in total. The number of rotatable bonds is 3. The molecule has 0 spiro atoms. The van der Waals surface area contributed by atoms with Crippen molar-refractivity contribution in [2.75, 3.05) is 0 Å². The Balaban J connectivity index is 1.53. The normalized spacial score (nSPS) is 14.1.